The van der Waals surface area contributed by atoms with Crippen LogP contribution in [0.3, 0.4) is 0 Å². The van der Waals surface area contributed by atoms with Crippen LogP contribution < -0.4 is 5.32 Å². The molecule has 1 aromatic carbocycles. The van der Waals surface area contributed by atoms with E-state index < -0.39 is 0 Å². The number of nitrogens with zero attached hydrogens (tertiary/aromatic N) is 1. The van der Waals surface area contributed by atoms with Crippen LogP contribution in [0.25, 0.3) is 11.0 Å². The Kier molecular flexibility index (Phi) is 5.27. The monoisotopic (exact) mass is 368 g/mol. The summed E-state index contributed by atoms with van der Waals surface area (Å²) in [7, 11) is 0. The topological polar surface area (TPSA) is 28.4 Å². The van der Waals surface area contributed by atoms with Gasteiger partial charge in [0.2, 0.25) is 0 Å². The summed E-state index contributed by atoms with van der Waals surface area (Å²) in [6.07, 6.45) is 0. The highest BCUT2D eigenvalue weighted by molar-refractivity contribution is 9.10. The molecule has 114 valence electrons. The first-order chi connectivity index (χ1) is 10.2. The van der Waals surface area contributed by atoms with E-state index in [0.717, 1.165) is 34.3 Å². The van der Waals surface area contributed by atoms with Crippen LogP contribution in [0.2, 0.25) is 0 Å². The summed E-state index contributed by atoms with van der Waals surface area (Å²) in [5.74, 6) is 3.56. The summed E-state index contributed by atoms with van der Waals surface area (Å²) in [6.45, 7) is 6.74. The zero-order chi connectivity index (χ0) is 14.7. The van der Waals surface area contributed by atoms with Crippen LogP contribution in [-0.2, 0) is 0 Å². The molecule has 2 aromatic rings. The predicted molar refractivity (Wildman–Crippen MR) is 94.1 cm³/mol. The fourth-order valence-electron chi connectivity index (χ4n) is 2.61. The van der Waals surface area contributed by atoms with E-state index in [-0.39, 0.29) is 6.04 Å². The fraction of sp³-hybridized carbons (Fsp3) is 0.500. The lowest BCUT2D eigenvalue weighted by molar-refractivity contribution is 0.293. The molecular formula is C16H21BrN2OS. The number of halogens is 1. The number of hydrogen-bond acceptors (Lipinski definition) is 4. The van der Waals surface area contributed by atoms with Gasteiger partial charge in [0.05, 0.1) is 6.04 Å². The van der Waals surface area contributed by atoms with Gasteiger partial charge in [0.15, 0.2) is 0 Å². The van der Waals surface area contributed by atoms with Gasteiger partial charge in [-0.15, -0.1) is 0 Å². The third-order valence-corrected chi connectivity index (χ3v) is 5.34. The molecular weight excluding hydrogens is 348 g/mol. The largest absolute Gasteiger partial charge is 0.459 e. The van der Waals surface area contributed by atoms with Crippen LogP contribution >= 0.6 is 27.7 Å². The first-order valence-electron chi connectivity index (χ1n) is 7.45. The molecule has 5 heteroatoms. The van der Waals surface area contributed by atoms with Crippen molar-refractivity contribution in [2.75, 3.05) is 37.7 Å². The van der Waals surface area contributed by atoms with Crippen molar-refractivity contribution >= 4 is 38.7 Å². The van der Waals surface area contributed by atoms with Crippen molar-refractivity contribution in [3.05, 3.63) is 34.5 Å². The van der Waals surface area contributed by atoms with E-state index in [1.165, 1.54) is 24.6 Å². The van der Waals surface area contributed by atoms with E-state index in [1.54, 1.807) is 0 Å². The second-order valence-electron chi connectivity index (χ2n) is 5.46. The van der Waals surface area contributed by atoms with Gasteiger partial charge in [-0.05, 0) is 31.2 Å². The van der Waals surface area contributed by atoms with E-state index in [1.807, 2.05) is 12.1 Å². The van der Waals surface area contributed by atoms with E-state index in [9.17, 15) is 0 Å². The van der Waals surface area contributed by atoms with Gasteiger partial charge in [0, 0.05) is 47.5 Å². The summed E-state index contributed by atoms with van der Waals surface area (Å²) < 4.78 is 7.02. The first kappa shape index (κ1) is 15.4. The van der Waals surface area contributed by atoms with Crippen molar-refractivity contribution in [1.82, 2.24) is 10.2 Å². The van der Waals surface area contributed by atoms with Crippen molar-refractivity contribution in [2.45, 2.75) is 13.0 Å². The minimum absolute atomic E-state index is 0.246. The average molecular weight is 369 g/mol. The van der Waals surface area contributed by atoms with Crippen LogP contribution in [0.5, 0.6) is 0 Å². The van der Waals surface area contributed by atoms with E-state index >= 15 is 0 Å². The number of furan rings is 1. The molecule has 0 aliphatic carbocycles. The Balaban J connectivity index is 1.54. The third kappa shape index (κ3) is 4.03. The van der Waals surface area contributed by atoms with Crippen LogP contribution in [0.15, 0.2) is 33.2 Å². The summed E-state index contributed by atoms with van der Waals surface area (Å²) in [5.41, 5.74) is 0.954. The molecule has 21 heavy (non-hydrogen) atoms. The Morgan fingerprint density at radius 2 is 2.14 bits per heavy atom. The second-order valence-corrected chi connectivity index (χ2v) is 7.60. The van der Waals surface area contributed by atoms with Crippen LogP contribution in [-0.4, -0.2) is 42.6 Å². The molecule has 3 nitrogen and oxygen atoms in total. The lowest BCUT2D eigenvalue weighted by Crippen LogP contribution is -2.38. The first-order valence-corrected chi connectivity index (χ1v) is 9.39. The molecule has 0 amide bonds. The smallest absolute Gasteiger partial charge is 0.134 e. The molecule has 0 bridgehead atoms. The maximum absolute atomic E-state index is 5.93. The van der Waals surface area contributed by atoms with Gasteiger partial charge in [-0.25, -0.2) is 0 Å². The zero-order valence-corrected chi connectivity index (χ0v) is 14.7. The number of fused-ring (bicyclic) bond motifs is 1. The highest BCUT2D eigenvalue weighted by Gasteiger charge is 2.13. The Morgan fingerprint density at radius 3 is 2.95 bits per heavy atom. The molecule has 0 saturated carbocycles. The van der Waals surface area contributed by atoms with Gasteiger partial charge in [-0.1, -0.05) is 15.9 Å². The molecule has 0 radical (unpaired) electrons. The SMILES string of the molecule is CC(NCCN1CCSCC1)c1cc2cc(Br)ccc2o1. The van der Waals surface area contributed by atoms with Gasteiger partial charge in [0.25, 0.3) is 0 Å². The molecule has 1 fully saturated rings. The molecule has 0 spiro atoms. The molecule has 1 aromatic heterocycles. The molecule has 1 aliphatic heterocycles. The van der Waals surface area contributed by atoms with Crippen molar-refractivity contribution in [2.24, 2.45) is 0 Å². The summed E-state index contributed by atoms with van der Waals surface area (Å²) in [6, 6.07) is 8.51. The normalized spacial score (nSPS) is 18.2. The van der Waals surface area contributed by atoms with Gasteiger partial charge in [-0.2, -0.15) is 11.8 Å². The summed E-state index contributed by atoms with van der Waals surface area (Å²) in [4.78, 5) is 2.53. The van der Waals surface area contributed by atoms with Gasteiger partial charge in [-0.3, -0.25) is 0 Å². The molecule has 1 N–H and O–H groups in total. The number of nitrogens with one attached hydrogen (secondary N) is 1. The Morgan fingerprint density at radius 1 is 1.33 bits per heavy atom. The molecule has 3 rings (SSSR count). The van der Waals surface area contributed by atoms with Gasteiger partial charge < -0.3 is 14.6 Å². The highest BCUT2D eigenvalue weighted by atomic mass is 79.9. The fourth-order valence-corrected chi connectivity index (χ4v) is 3.97. The van der Waals surface area contributed by atoms with Crippen molar-refractivity contribution in [3.8, 4) is 0 Å². The highest BCUT2D eigenvalue weighted by Crippen LogP contribution is 2.26. The standard InChI is InChI=1S/C16H21BrN2OS/c1-12(18-4-5-19-6-8-21-9-7-19)16-11-13-10-14(17)2-3-15(13)20-16/h2-3,10-12,18H,4-9H2,1H3. The maximum atomic E-state index is 5.93. The number of rotatable bonds is 5. The quantitative estimate of drug-likeness (QED) is 0.866. The third-order valence-electron chi connectivity index (χ3n) is 3.91. The summed E-state index contributed by atoms with van der Waals surface area (Å²) in [5, 5.41) is 4.72. The van der Waals surface area contributed by atoms with Crippen LogP contribution in [0.1, 0.15) is 18.7 Å². The van der Waals surface area contributed by atoms with Crippen molar-refractivity contribution in [1.29, 1.82) is 0 Å². The van der Waals surface area contributed by atoms with Gasteiger partial charge >= 0.3 is 0 Å². The Labute approximate surface area is 138 Å². The second kappa shape index (κ2) is 7.18. The Bertz CT molecular complexity index is 595. The van der Waals surface area contributed by atoms with E-state index in [2.05, 4.69) is 57.0 Å². The molecule has 2 heterocycles. The van der Waals surface area contributed by atoms with E-state index in [4.69, 9.17) is 4.42 Å². The number of benzene rings is 1. The lowest BCUT2D eigenvalue weighted by Gasteiger charge is -2.26. The number of hydrogen-bond donors (Lipinski definition) is 1. The number of thioether (sulfide) groups is 1. The Hall–Kier alpha value is -0.490. The van der Waals surface area contributed by atoms with Crippen molar-refractivity contribution in [3.63, 3.8) is 0 Å². The van der Waals surface area contributed by atoms with E-state index in [0.29, 0.717) is 0 Å². The van der Waals surface area contributed by atoms with Crippen LogP contribution in [0, 0.1) is 0 Å². The molecule has 1 unspecified atom stereocenters. The van der Waals surface area contributed by atoms with Crippen LogP contribution in [0.4, 0.5) is 0 Å². The summed E-state index contributed by atoms with van der Waals surface area (Å²) >= 11 is 5.56. The molecule has 1 aliphatic rings. The predicted octanol–water partition coefficient (Wildman–Crippen LogP) is 3.89. The molecule has 1 saturated heterocycles. The maximum Gasteiger partial charge on any atom is 0.134 e. The zero-order valence-electron chi connectivity index (χ0n) is 12.3. The minimum Gasteiger partial charge on any atom is -0.459 e. The van der Waals surface area contributed by atoms with Crippen molar-refractivity contribution < 1.29 is 4.42 Å². The molecule has 1 atom stereocenters. The lowest BCUT2D eigenvalue weighted by atomic mass is 10.2. The average Bonchev–Trinajstić information content (AvgIpc) is 2.91. The minimum atomic E-state index is 0.246. The van der Waals surface area contributed by atoms with Gasteiger partial charge in [0.1, 0.15) is 11.3 Å².